The Morgan fingerprint density at radius 3 is 2.64 bits per heavy atom. The molecule has 134 valence electrons. The summed E-state index contributed by atoms with van der Waals surface area (Å²) in [6.45, 7) is 2.44. The van der Waals surface area contributed by atoms with Gasteiger partial charge in [-0.25, -0.2) is 18.4 Å². The standard InChI is InChI=1S/C16H18ClN3O4S/c1-11-7-14(3-4-15(11)23-2)25(21,22)20-6-5-13(10-20)24-16-18-8-12(17)9-19-16/h3-4,7-9,13H,5-6,10H2,1-2H3/t13-/m1/s1. The molecule has 7 nitrogen and oxygen atoms in total. The van der Waals surface area contributed by atoms with E-state index in [2.05, 4.69) is 9.97 Å². The molecule has 0 amide bonds. The van der Waals surface area contributed by atoms with E-state index in [1.165, 1.54) is 16.7 Å². The van der Waals surface area contributed by atoms with Crippen molar-refractivity contribution in [2.24, 2.45) is 0 Å². The first-order valence-electron chi connectivity index (χ1n) is 7.69. The minimum Gasteiger partial charge on any atom is -0.496 e. The molecular weight excluding hydrogens is 366 g/mol. The average Bonchev–Trinajstić information content (AvgIpc) is 3.06. The third-order valence-electron chi connectivity index (χ3n) is 3.98. The highest BCUT2D eigenvalue weighted by Crippen LogP contribution is 2.26. The Bertz CT molecular complexity index is 858. The number of nitrogens with zero attached hydrogens (tertiary/aromatic N) is 3. The predicted octanol–water partition coefficient (Wildman–Crippen LogP) is 2.29. The third-order valence-corrected chi connectivity index (χ3v) is 6.04. The second kappa shape index (κ2) is 7.15. The van der Waals surface area contributed by atoms with Crippen LogP contribution in [-0.4, -0.2) is 49.0 Å². The molecule has 1 aromatic carbocycles. The van der Waals surface area contributed by atoms with Gasteiger partial charge in [-0.05, 0) is 37.1 Å². The van der Waals surface area contributed by atoms with Crippen LogP contribution in [0.4, 0.5) is 0 Å². The fourth-order valence-electron chi connectivity index (χ4n) is 2.68. The van der Waals surface area contributed by atoms with Gasteiger partial charge in [0, 0.05) is 6.54 Å². The molecule has 0 spiro atoms. The number of benzene rings is 1. The van der Waals surface area contributed by atoms with Gasteiger partial charge in [-0.15, -0.1) is 0 Å². The fraction of sp³-hybridized carbons (Fsp3) is 0.375. The summed E-state index contributed by atoms with van der Waals surface area (Å²) in [6.07, 6.45) is 3.15. The molecule has 9 heteroatoms. The molecule has 3 rings (SSSR count). The lowest BCUT2D eigenvalue weighted by atomic mass is 10.2. The monoisotopic (exact) mass is 383 g/mol. The van der Waals surface area contributed by atoms with Crippen molar-refractivity contribution in [3.05, 3.63) is 41.2 Å². The van der Waals surface area contributed by atoms with Crippen molar-refractivity contribution in [1.82, 2.24) is 14.3 Å². The summed E-state index contributed by atoms with van der Waals surface area (Å²) in [5.74, 6) is 0.654. The van der Waals surface area contributed by atoms with E-state index in [9.17, 15) is 8.42 Å². The van der Waals surface area contributed by atoms with Crippen molar-refractivity contribution >= 4 is 21.6 Å². The molecule has 1 aromatic heterocycles. The largest absolute Gasteiger partial charge is 0.496 e. The molecule has 0 N–H and O–H groups in total. The first kappa shape index (κ1) is 17.9. The Labute approximate surface area is 151 Å². The molecule has 0 radical (unpaired) electrons. The van der Waals surface area contributed by atoms with Gasteiger partial charge >= 0.3 is 6.01 Å². The molecule has 2 heterocycles. The maximum atomic E-state index is 12.8. The van der Waals surface area contributed by atoms with Gasteiger partial charge in [0.15, 0.2) is 0 Å². The number of ether oxygens (including phenoxy) is 2. The fourth-order valence-corrected chi connectivity index (χ4v) is 4.35. The number of hydrogen-bond donors (Lipinski definition) is 0. The maximum absolute atomic E-state index is 12.8. The number of rotatable bonds is 5. The first-order valence-corrected chi connectivity index (χ1v) is 9.51. The van der Waals surface area contributed by atoms with Crippen molar-refractivity contribution in [3.8, 4) is 11.8 Å². The quantitative estimate of drug-likeness (QED) is 0.787. The minimum absolute atomic E-state index is 0.189. The minimum atomic E-state index is -3.58. The molecule has 25 heavy (non-hydrogen) atoms. The second-order valence-electron chi connectivity index (χ2n) is 5.71. The molecule has 1 fully saturated rings. The van der Waals surface area contributed by atoms with Gasteiger partial charge in [-0.1, -0.05) is 11.6 Å². The first-order chi connectivity index (χ1) is 11.9. The van der Waals surface area contributed by atoms with Crippen LogP contribution in [0.5, 0.6) is 11.8 Å². The summed E-state index contributed by atoms with van der Waals surface area (Å²) < 4.78 is 37.9. The molecule has 1 atom stereocenters. The lowest BCUT2D eigenvalue weighted by Crippen LogP contribution is -2.31. The molecule has 2 aromatic rings. The number of halogens is 1. The molecule has 0 saturated carbocycles. The second-order valence-corrected chi connectivity index (χ2v) is 8.08. The smallest absolute Gasteiger partial charge is 0.316 e. The van der Waals surface area contributed by atoms with Crippen LogP contribution in [0.25, 0.3) is 0 Å². The van der Waals surface area contributed by atoms with Gasteiger partial charge in [0.2, 0.25) is 10.0 Å². The Morgan fingerprint density at radius 1 is 1.28 bits per heavy atom. The van der Waals surface area contributed by atoms with Crippen LogP contribution in [0, 0.1) is 6.92 Å². The van der Waals surface area contributed by atoms with Crippen LogP contribution in [0.15, 0.2) is 35.5 Å². The van der Waals surface area contributed by atoms with Crippen molar-refractivity contribution in [2.45, 2.75) is 24.3 Å². The predicted molar refractivity (Wildman–Crippen MR) is 92.6 cm³/mol. The Kier molecular flexibility index (Phi) is 5.12. The van der Waals surface area contributed by atoms with Gasteiger partial charge in [-0.3, -0.25) is 0 Å². The van der Waals surface area contributed by atoms with Crippen molar-refractivity contribution in [3.63, 3.8) is 0 Å². The number of sulfonamides is 1. The van der Waals surface area contributed by atoms with Gasteiger partial charge in [0.1, 0.15) is 11.9 Å². The Balaban J connectivity index is 1.71. The van der Waals surface area contributed by atoms with E-state index in [-0.39, 0.29) is 23.6 Å². The lowest BCUT2D eigenvalue weighted by Gasteiger charge is -2.17. The van der Waals surface area contributed by atoms with E-state index in [1.54, 1.807) is 25.3 Å². The SMILES string of the molecule is COc1ccc(S(=O)(=O)N2CC[C@@H](Oc3ncc(Cl)cn3)C2)cc1C. The van der Waals surface area contributed by atoms with Crippen LogP contribution < -0.4 is 9.47 Å². The Hall–Kier alpha value is -1.90. The van der Waals surface area contributed by atoms with Crippen LogP contribution >= 0.6 is 11.6 Å². The van der Waals surface area contributed by atoms with Crippen LogP contribution in [0.1, 0.15) is 12.0 Å². The Morgan fingerprint density at radius 2 is 2.00 bits per heavy atom. The molecule has 1 aliphatic heterocycles. The number of methoxy groups -OCH3 is 1. The zero-order valence-electron chi connectivity index (χ0n) is 13.8. The van der Waals surface area contributed by atoms with Gasteiger partial charge in [0.25, 0.3) is 0 Å². The van der Waals surface area contributed by atoms with E-state index < -0.39 is 10.0 Å². The molecular formula is C16H18ClN3O4S. The normalized spacial score (nSPS) is 18.3. The lowest BCUT2D eigenvalue weighted by molar-refractivity contribution is 0.197. The summed E-state index contributed by atoms with van der Waals surface area (Å²) in [5, 5.41) is 0.415. The number of hydrogen-bond acceptors (Lipinski definition) is 6. The third kappa shape index (κ3) is 3.86. The van der Waals surface area contributed by atoms with E-state index >= 15 is 0 Å². The van der Waals surface area contributed by atoms with Gasteiger partial charge < -0.3 is 9.47 Å². The summed E-state index contributed by atoms with van der Waals surface area (Å²) >= 11 is 5.74. The molecule has 0 unspecified atom stereocenters. The number of aryl methyl sites for hydroxylation is 1. The maximum Gasteiger partial charge on any atom is 0.316 e. The van der Waals surface area contributed by atoms with Gasteiger partial charge in [-0.2, -0.15) is 4.31 Å². The van der Waals surface area contributed by atoms with Crippen LogP contribution in [0.2, 0.25) is 5.02 Å². The summed E-state index contributed by atoms with van der Waals surface area (Å²) in [6, 6.07) is 5.02. The molecule has 0 aliphatic carbocycles. The zero-order valence-corrected chi connectivity index (χ0v) is 15.4. The van der Waals surface area contributed by atoms with E-state index in [0.29, 0.717) is 23.7 Å². The molecule has 1 saturated heterocycles. The van der Waals surface area contributed by atoms with E-state index in [4.69, 9.17) is 21.1 Å². The molecule has 1 aliphatic rings. The van der Waals surface area contributed by atoms with Crippen LogP contribution in [-0.2, 0) is 10.0 Å². The highest BCUT2D eigenvalue weighted by molar-refractivity contribution is 7.89. The highest BCUT2D eigenvalue weighted by atomic mass is 35.5. The van der Waals surface area contributed by atoms with Crippen molar-refractivity contribution < 1.29 is 17.9 Å². The van der Waals surface area contributed by atoms with Crippen molar-refractivity contribution in [1.29, 1.82) is 0 Å². The average molecular weight is 384 g/mol. The van der Waals surface area contributed by atoms with Crippen molar-refractivity contribution in [2.75, 3.05) is 20.2 Å². The number of aromatic nitrogens is 2. The van der Waals surface area contributed by atoms with E-state index in [0.717, 1.165) is 5.56 Å². The highest BCUT2D eigenvalue weighted by Gasteiger charge is 2.34. The molecule has 0 bridgehead atoms. The topological polar surface area (TPSA) is 81.6 Å². The summed E-state index contributed by atoms with van der Waals surface area (Å²) in [5.41, 5.74) is 0.769. The van der Waals surface area contributed by atoms with Gasteiger partial charge in [0.05, 0.1) is 36.0 Å². The summed E-state index contributed by atoms with van der Waals surface area (Å²) in [7, 11) is -2.03. The van der Waals surface area contributed by atoms with E-state index in [1.807, 2.05) is 6.92 Å². The van der Waals surface area contributed by atoms with Crippen LogP contribution in [0.3, 0.4) is 0 Å². The summed E-state index contributed by atoms with van der Waals surface area (Å²) in [4.78, 5) is 8.19. The zero-order chi connectivity index (χ0) is 18.0.